The predicted octanol–water partition coefficient (Wildman–Crippen LogP) is 2.22. The van der Waals surface area contributed by atoms with Gasteiger partial charge in [0.2, 0.25) is 11.4 Å². The van der Waals surface area contributed by atoms with Gasteiger partial charge in [0, 0.05) is 31.7 Å². The van der Waals surface area contributed by atoms with Crippen molar-refractivity contribution in [2.45, 2.75) is 31.8 Å². The van der Waals surface area contributed by atoms with Crippen molar-refractivity contribution in [3.8, 4) is 0 Å². The van der Waals surface area contributed by atoms with Crippen molar-refractivity contribution in [2.24, 2.45) is 0 Å². The topological polar surface area (TPSA) is 120 Å². The van der Waals surface area contributed by atoms with E-state index in [1.165, 1.54) is 11.3 Å². The third-order valence-corrected chi connectivity index (χ3v) is 8.27. The van der Waals surface area contributed by atoms with E-state index >= 15 is 0 Å². The molecular weight excluding hydrogens is 476 g/mol. The van der Waals surface area contributed by atoms with E-state index in [2.05, 4.69) is 30.5 Å². The molecule has 1 atom stereocenters. The van der Waals surface area contributed by atoms with Crippen LogP contribution >= 0.6 is 11.3 Å². The van der Waals surface area contributed by atoms with Gasteiger partial charge in [0.15, 0.2) is 5.65 Å². The highest BCUT2D eigenvalue weighted by atomic mass is 32.1. The lowest BCUT2D eigenvalue weighted by molar-refractivity contribution is 0.0951. The molecule has 1 unspecified atom stereocenters. The largest absolute Gasteiger partial charge is 0.350 e. The monoisotopic (exact) mass is 500 g/mol. The number of hydrogen-bond acceptors (Lipinski definition) is 8. The number of aromatic nitrogens is 5. The molecule has 10 nitrogen and oxygen atoms in total. The number of amides is 1. The summed E-state index contributed by atoms with van der Waals surface area (Å²) in [6.45, 7) is 2.81. The average Bonchev–Trinajstić information content (AvgIpc) is 3.66. The molecule has 0 aliphatic carbocycles. The molecule has 6 heterocycles. The molecule has 5 aromatic rings. The lowest BCUT2D eigenvalue weighted by Crippen LogP contribution is -2.39. The van der Waals surface area contributed by atoms with E-state index in [0.717, 1.165) is 54.0 Å². The van der Waals surface area contributed by atoms with Crippen molar-refractivity contribution in [1.29, 1.82) is 0 Å². The van der Waals surface area contributed by atoms with Crippen LogP contribution in [-0.2, 0) is 13.0 Å². The summed E-state index contributed by atoms with van der Waals surface area (Å²) in [5, 5.41) is 6.70. The van der Waals surface area contributed by atoms with Crippen molar-refractivity contribution >= 4 is 49.3 Å². The SMILES string of the molecule is O=C(NCC1CCCN1)c1c(=O)c2cnc(N3CCc4nc[nH]c4C3)nc2n2c1sc1ccccc12. The van der Waals surface area contributed by atoms with Crippen LogP contribution in [0.2, 0.25) is 0 Å². The van der Waals surface area contributed by atoms with Crippen LogP contribution in [0, 0.1) is 0 Å². The van der Waals surface area contributed by atoms with Gasteiger partial charge in [0.1, 0.15) is 10.4 Å². The minimum atomic E-state index is -0.355. The van der Waals surface area contributed by atoms with Crippen LogP contribution in [0.4, 0.5) is 5.95 Å². The lowest BCUT2D eigenvalue weighted by atomic mass is 10.1. The maximum atomic E-state index is 13.7. The third kappa shape index (κ3) is 3.38. The Morgan fingerprint density at radius 2 is 2.17 bits per heavy atom. The van der Waals surface area contributed by atoms with E-state index in [1.54, 1.807) is 12.5 Å². The second kappa shape index (κ2) is 8.38. The number of thiazole rings is 1. The number of hydrogen-bond donors (Lipinski definition) is 3. The molecule has 1 aromatic carbocycles. The Bertz CT molecular complexity index is 1700. The van der Waals surface area contributed by atoms with Crippen LogP contribution in [0.25, 0.3) is 26.1 Å². The molecule has 3 N–H and O–H groups in total. The molecule has 0 bridgehead atoms. The Morgan fingerprint density at radius 1 is 1.25 bits per heavy atom. The molecule has 182 valence electrons. The number of carbonyl (C=O) groups is 1. The van der Waals surface area contributed by atoms with E-state index in [9.17, 15) is 9.59 Å². The van der Waals surface area contributed by atoms with Gasteiger partial charge in [-0.25, -0.2) is 9.97 Å². The number of rotatable bonds is 4. The van der Waals surface area contributed by atoms with Gasteiger partial charge in [-0.2, -0.15) is 4.98 Å². The van der Waals surface area contributed by atoms with E-state index in [-0.39, 0.29) is 22.9 Å². The van der Waals surface area contributed by atoms with Crippen LogP contribution in [0.1, 0.15) is 34.6 Å². The van der Waals surface area contributed by atoms with Gasteiger partial charge in [-0.1, -0.05) is 12.1 Å². The molecular formula is C25H24N8O2S. The van der Waals surface area contributed by atoms with Crippen molar-refractivity contribution < 1.29 is 4.79 Å². The van der Waals surface area contributed by atoms with Crippen LogP contribution in [0.15, 0.2) is 41.6 Å². The molecule has 11 heteroatoms. The number of anilines is 1. The minimum Gasteiger partial charge on any atom is -0.350 e. The van der Waals surface area contributed by atoms with Crippen molar-refractivity contribution in [3.05, 3.63) is 64.0 Å². The molecule has 4 aromatic heterocycles. The number of imidazole rings is 1. The summed E-state index contributed by atoms with van der Waals surface area (Å²) in [7, 11) is 0. The Kier molecular flexibility index (Phi) is 5.00. The number of benzene rings is 1. The Labute approximate surface area is 209 Å². The fourth-order valence-electron chi connectivity index (χ4n) is 5.26. The first-order valence-electron chi connectivity index (χ1n) is 12.2. The molecule has 0 radical (unpaired) electrons. The number of aromatic amines is 1. The highest BCUT2D eigenvalue weighted by molar-refractivity contribution is 7.24. The van der Waals surface area contributed by atoms with Gasteiger partial charge in [0.25, 0.3) is 5.91 Å². The van der Waals surface area contributed by atoms with Gasteiger partial charge in [0.05, 0.1) is 39.9 Å². The molecule has 2 aliphatic rings. The zero-order chi connectivity index (χ0) is 24.2. The van der Waals surface area contributed by atoms with Crippen LogP contribution in [0.3, 0.4) is 0 Å². The fourth-order valence-corrected chi connectivity index (χ4v) is 6.44. The maximum absolute atomic E-state index is 13.7. The van der Waals surface area contributed by atoms with Crippen LogP contribution in [-0.4, -0.2) is 55.9 Å². The lowest BCUT2D eigenvalue weighted by Gasteiger charge is -2.26. The third-order valence-electron chi connectivity index (χ3n) is 7.13. The van der Waals surface area contributed by atoms with Gasteiger partial charge in [-0.3, -0.25) is 14.0 Å². The maximum Gasteiger partial charge on any atom is 0.258 e. The standard InChI is InChI=1S/C25H24N8O2S/c34-21-15-11-28-25(32-9-7-16-17(12-32)30-13-29-16)31-22(15)33-18-5-1-2-6-19(18)36-24(33)20(21)23(35)27-10-14-4-3-8-26-14/h1-2,5-6,11,13-14,26H,3-4,7-10,12H2,(H,27,35)(H,29,30). The zero-order valence-electron chi connectivity index (χ0n) is 19.5. The number of pyridine rings is 1. The normalized spacial score (nSPS) is 17.8. The van der Waals surface area contributed by atoms with Crippen LogP contribution < -0.4 is 21.0 Å². The first kappa shape index (κ1) is 21.5. The zero-order valence-corrected chi connectivity index (χ0v) is 20.3. The summed E-state index contributed by atoms with van der Waals surface area (Å²) in [5.41, 5.74) is 3.36. The Morgan fingerprint density at radius 3 is 3.06 bits per heavy atom. The Hall–Kier alpha value is -3.83. The molecule has 36 heavy (non-hydrogen) atoms. The van der Waals surface area contributed by atoms with E-state index in [1.807, 2.05) is 28.7 Å². The number of para-hydroxylation sites is 1. The highest BCUT2D eigenvalue weighted by Gasteiger charge is 2.26. The summed E-state index contributed by atoms with van der Waals surface area (Å²) < 4.78 is 2.92. The average molecular weight is 501 g/mol. The molecule has 1 saturated heterocycles. The molecule has 7 rings (SSSR count). The van der Waals surface area contributed by atoms with Gasteiger partial charge < -0.3 is 20.5 Å². The van der Waals surface area contributed by atoms with E-state index in [4.69, 9.17) is 4.98 Å². The number of nitrogens with zero attached hydrogens (tertiary/aromatic N) is 5. The van der Waals surface area contributed by atoms with Crippen LogP contribution in [0.5, 0.6) is 0 Å². The summed E-state index contributed by atoms with van der Waals surface area (Å²) in [4.78, 5) is 46.7. The number of nitrogens with one attached hydrogen (secondary N) is 3. The minimum absolute atomic E-state index is 0.151. The number of H-pyrrole nitrogens is 1. The van der Waals surface area contributed by atoms with Crippen molar-refractivity contribution in [3.63, 3.8) is 0 Å². The first-order valence-corrected chi connectivity index (χ1v) is 13.0. The summed E-state index contributed by atoms with van der Waals surface area (Å²) in [5.74, 6) is 0.197. The van der Waals surface area contributed by atoms with Crippen molar-refractivity contribution in [2.75, 3.05) is 24.5 Å². The van der Waals surface area contributed by atoms with Gasteiger partial charge >= 0.3 is 0 Å². The van der Waals surface area contributed by atoms with E-state index in [0.29, 0.717) is 34.9 Å². The summed E-state index contributed by atoms with van der Waals surface area (Å²) in [6, 6.07) is 8.14. The van der Waals surface area contributed by atoms with E-state index < -0.39 is 0 Å². The fraction of sp³-hybridized carbons (Fsp3) is 0.320. The number of fused-ring (bicyclic) bond motifs is 6. The first-order chi connectivity index (χ1) is 17.7. The molecule has 0 spiro atoms. The van der Waals surface area contributed by atoms with Gasteiger partial charge in [-0.15, -0.1) is 11.3 Å². The summed E-state index contributed by atoms with van der Waals surface area (Å²) >= 11 is 1.44. The molecule has 1 amide bonds. The quantitative estimate of drug-likeness (QED) is 0.346. The highest BCUT2D eigenvalue weighted by Crippen LogP contribution is 2.31. The second-order valence-electron chi connectivity index (χ2n) is 9.32. The Balaban J connectivity index is 1.38. The molecule has 1 fully saturated rings. The number of carbonyl (C=O) groups excluding carboxylic acids is 1. The summed E-state index contributed by atoms with van der Waals surface area (Å²) in [6.07, 6.45) is 6.19. The second-order valence-corrected chi connectivity index (χ2v) is 10.4. The smallest absolute Gasteiger partial charge is 0.258 e. The predicted molar refractivity (Wildman–Crippen MR) is 139 cm³/mol. The molecule has 2 aliphatic heterocycles. The van der Waals surface area contributed by atoms with Gasteiger partial charge in [-0.05, 0) is 31.5 Å². The van der Waals surface area contributed by atoms with Crippen molar-refractivity contribution in [1.82, 2.24) is 35.0 Å². The molecule has 0 saturated carbocycles.